The number of aromatic nitrogens is 4. The van der Waals surface area contributed by atoms with E-state index in [4.69, 9.17) is 0 Å². The first-order valence-electron chi connectivity index (χ1n) is 20.3. The van der Waals surface area contributed by atoms with Crippen LogP contribution in [0.5, 0.6) is 0 Å². The summed E-state index contributed by atoms with van der Waals surface area (Å²) in [5.74, 6) is -4.28. The number of benzene rings is 2. The van der Waals surface area contributed by atoms with Gasteiger partial charge in [-0.25, -0.2) is 54.2 Å². The summed E-state index contributed by atoms with van der Waals surface area (Å²) in [6.07, 6.45) is 1.16. The quantitative estimate of drug-likeness (QED) is 0.0918. The molecule has 0 aliphatic heterocycles. The molecule has 2 heterocycles. The molecule has 4 N–H and O–H groups in total. The Morgan fingerprint density at radius 1 is 0.612 bits per heavy atom. The number of carboxylic acids is 2. The number of rotatable bonds is 20. The molecule has 0 spiro atoms. The fourth-order valence-electron chi connectivity index (χ4n) is 6.07. The van der Waals surface area contributed by atoms with Gasteiger partial charge in [0, 0.05) is 74.0 Å². The predicted octanol–water partition coefficient (Wildman–Crippen LogP) is 1.75. The molecule has 360 valence electrons. The molecule has 4 aromatic rings. The molecule has 0 fully saturated rings. The maximum absolute atomic E-state index is 13.5. The van der Waals surface area contributed by atoms with Crippen molar-refractivity contribution in [1.82, 2.24) is 19.9 Å². The molecule has 2 aromatic heterocycles. The van der Waals surface area contributed by atoms with E-state index in [0.29, 0.717) is 45.0 Å². The molecule has 0 saturated carbocycles. The van der Waals surface area contributed by atoms with Crippen LogP contribution in [0.15, 0.2) is 60.7 Å². The van der Waals surface area contributed by atoms with Gasteiger partial charge < -0.3 is 40.2 Å². The third-order valence-electron chi connectivity index (χ3n) is 9.62. The van der Waals surface area contributed by atoms with Gasteiger partial charge in [-0.3, -0.25) is 0 Å². The predicted molar refractivity (Wildman–Crippen MR) is 246 cm³/mol. The standard InChI is InChI=1S/2C22H28FN3O6S.Ca/c2*1-13(2)20-18(10-9-16(27)11-17(28)12-19(29)30)21(14-5-7-15(23)8-6-14)25-22(24-20)26(3)33(4,31)32;/h2*5-10,13,16-17,27-28H,11-12H2,1-4H3,(H,29,30);/q;;+2/p-2/b10-9+;10-9-;/t2*16-,17-;/m11./s1. The number of carbonyl (C=O) groups is 2. The monoisotopic (exact) mass is 1000 g/mol. The molecule has 0 radical (unpaired) electrons. The molecule has 4 atom stereocenters. The molecule has 0 aliphatic carbocycles. The van der Waals surface area contributed by atoms with Gasteiger partial charge in [-0.2, -0.15) is 0 Å². The van der Waals surface area contributed by atoms with Crippen LogP contribution in [0.2, 0.25) is 0 Å². The van der Waals surface area contributed by atoms with Gasteiger partial charge in [0.1, 0.15) is 11.6 Å². The smallest absolute Gasteiger partial charge is 0.550 e. The summed E-state index contributed by atoms with van der Waals surface area (Å²) in [5, 5.41) is 61.1. The van der Waals surface area contributed by atoms with Crippen LogP contribution in [0.1, 0.15) is 87.7 Å². The van der Waals surface area contributed by atoms with Crippen molar-refractivity contribution in [3.05, 3.63) is 94.8 Å². The summed E-state index contributed by atoms with van der Waals surface area (Å²) >= 11 is 0. The largest absolute Gasteiger partial charge is 2.00 e. The second-order valence-corrected chi connectivity index (χ2v) is 19.9. The zero-order valence-electron chi connectivity index (χ0n) is 38.2. The zero-order valence-corrected chi connectivity index (χ0v) is 42.1. The fraction of sp³-hybridized carbons (Fsp3) is 0.409. The number of aliphatic hydroxyl groups excluding tert-OH is 4. The Morgan fingerprint density at radius 3 is 1.16 bits per heavy atom. The molecule has 67 heavy (non-hydrogen) atoms. The van der Waals surface area contributed by atoms with Crippen LogP contribution in [0.25, 0.3) is 34.7 Å². The Labute approximate surface area is 418 Å². The molecule has 23 heteroatoms. The molecule has 4 rings (SSSR count). The zero-order chi connectivity index (χ0) is 49.8. The number of aliphatic carboxylic acids is 2. The minimum atomic E-state index is -3.66. The normalized spacial score (nSPS) is 13.7. The summed E-state index contributed by atoms with van der Waals surface area (Å²) in [5.41, 5.74) is 3.52. The first-order valence-corrected chi connectivity index (χ1v) is 24.0. The van der Waals surface area contributed by atoms with Gasteiger partial charge in [-0.1, -0.05) is 52.0 Å². The molecule has 0 aliphatic rings. The summed E-state index contributed by atoms with van der Waals surface area (Å²) < 4.78 is 77.1. The van der Waals surface area contributed by atoms with Crippen LogP contribution in [-0.4, -0.2) is 158 Å². The number of nitrogens with zero attached hydrogens (tertiary/aromatic N) is 6. The van der Waals surface area contributed by atoms with E-state index in [1.807, 2.05) is 27.7 Å². The van der Waals surface area contributed by atoms with Gasteiger partial charge in [0.15, 0.2) is 0 Å². The number of hydrogen-bond donors (Lipinski definition) is 4. The number of carbonyl (C=O) groups excluding carboxylic acids is 2. The topological polar surface area (TPSA) is 287 Å². The Hall–Kier alpha value is -4.52. The van der Waals surface area contributed by atoms with E-state index in [9.17, 15) is 65.8 Å². The second kappa shape index (κ2) is 25.7. The Balaban J connectivity index is 0.000000453. The summed E-state index contributed by atoms with van der Waals surface area (Å²) in [6.45, 7) is 7.38. The van der Waals surface area contributed by atoms with E-state index < -0.39 is 80.9 Å². The molecule has 18 nitrogen and oxygen atoms in total. The number of hydrogen-bond acceptors (Lipinski definition) is 16. The third kappa shape index (κ3) is 18.1. The maximum Gasteiger partial charge on any atom is 2.00 e. The minimum Gasteiger partial charge on any atom is -0.550 e. The molecule has 0 amide bonds. The van der Waals surface area contributed by atoms with E-state index in [1.165, 1.54) is 86.9 Å². The molecule has 0 bridgehead atoms. The first-order chi connectivity index (χ1) is 30.6. The number of aliphatic hydroxyl groups is 4. The average Bonchev–Trinajstić information content (AvgIpc) is 3.20. The Kier molecular flexibility index (Phi) is 22.5. The minimum absolute atomic E-state index is 0. The number of halogens is 2. The number of anilines is 2. The second-order valence-electron chi connectivity index (χ2n) is 15.9. The SMILES string of the molecule is CC(C)c1nc(N(C)S(C)(=O)=O)nc(-c2ccc(F)cc2)c1/C=C/[C@@H](O)C[C@@H](O)CC(=O)[O-].CC(C)c1nc(N(C)S(C)(=O)=O)nc(-c2ccc(F)cc2)c1/C=C\[C@@H](O)C[C@@H](O)CC(=O)[O-].[Ca+2]. The number of carboxylic acid groups (broad SMARTS) is 2. The molecule has 0 saturated heterocycles. The summed E-state index contributed by atoms with van der Waals surface area (Å²) in [6, 6.07) is 10.9. The van der Waals surface area contributed by atoms with Gasteiger partial charge >= 0.3 is 37.7 Å². The van der Waals surface area contributed by atoms with Gasteiger partial charge in [-0.15, -0.1) is 0 Å². The van der Waals surface area contributed by atoms with Crippen molar-refractivity contribution >= 4 is 93.8 Å². The molecular formula is C44H54CaF2N6O12S2. The van der Waals surface area contributed by atoms with Crippen LogP contribution in [0, 0.1) is 11.6 Å². The average molecular weight is 1000 g/mol. The fourth-order valence-corrected chi connectivity index (χ4v) is 6.83. The van der Waals surface area contributed by atoms with Crippen LogP contribution in [0.4, 0.5) is 20.7 Å². The van der Waals surface area contributed by atoms with Gasteiger partial charge in [0.25, 0.3) is 0 Å². The van der Waals surface area contributed by atoms with E-state index >= 15 is 0 Å². The van der Waals surface area contributed by atoms with Crippen molar-refractivity contribution in [2.75, 3.05) is 35.2 Å². The van der Waals surface area contributed by atoms with Crippen molar-refractivity contribution < 1.29 is 65.8 Å². The maximum atomic E-state index is 13.5. The van der Waals surface area contributed by atoms with Crippen molar-refractivity contribution in [3.63, 3.8) is 0 Å². The molecule has 0 unspecified atom stereocenters. The van der Waals surface area contributed by atoms with E-state index in [1.54, 1.807) is 0 Å². The van der Waals surface area contributed by atoms with Gasteiger partial charge in [0.2, 0.25) is 31.9 Å². The third-order valence-corrected chi connectivity index (χ3v) is 11.9. The van der Waals surface area contributed by atoms with Crippen LogP contribution < -0.4 is 18.8 Å². The van der Waals surface area contributed by atoms with E-state index in [2.05, 4.69) is 19.9 Å². The van der Waals surface area contributed by atoms with E-state index in [-0.39, 0.29) is 74.3 Å². The van der Waals surface area contributed by atoms with Crippen molar-refractivity contribution in [3.8, 4) is 22.5 Å². The number of sulfonamides is 2. The van der Waals surface area contributed by atoms with Gasteiger partial charge in [0.05, 0.1) is 59.7 Å². The van der Waals surface area contributed by atoms with E-state index in [0.717, 1.165) is 21.1 Å². The Bertz CT molecular complexity index is 2430. The van der Waals surface area contributed by atoms with Crippen LogP contribution in [0.3, 0.4) is 0 Å². The first kappa shape index (κ1) is 58.6. The summed E-state index contributed by atoms with van der Waals surface area (Å²) in [7, 11) is -4.67. The Morgan fingerprint density at radius 2 is 0.910 bits per heavy atom. The van der Waals surface area contributed by atoms with Crippen molar-refractivity contribution in [1.29, 1.82) is 0 Å². The van der Waals surface area contributed by atoms with Crippen molar-refractivity contribution in [2.24, 2.45) is 0 Å². The van der Waals surface area contributed by atoms with Crippen LogP contribution >= 0.6 is 0 Å². The summed E-state index contributed by atoms with van der Waals surface area (Å²) in [4.78, 5) is 38.9. The van der Waals surface area contributed by atoms with Gasteiger partial charge in [-0.05, 0) is 60.4 Å². The van der Waals surface area contributed by atoms with Crippen LogP contribution in [-0.2, 0) is 29.6 Å². The van der Waals surface area contributed by atoms with Crippen molar-refractivity contribution in [2.45, 2.75) is 89.6 Å². The molecule has 2 aromatic carbocycles. The molecular weight excluding hydrogens is 947 g/mol.